The van der Waals surface area contributed by atoms with Crippen LogP contribution in [0.4, 0.5) is 0 Å². The Balaban J connectivity index is 1.95. The zero-order chi connectivity index (χ0) is 18.8. The first-order valence-corrected chi connectivity index (χ1v) is 9.47. The first-order valence-electron chi connectivity index (χ1n) is 7.98. The molecule has 0 aliphatic heterocycles. The van der Waals surface area contributed by atoms with Crippen LogP contribution in [0.3, 0.4) is 0 Å². The molecule has 2 rings (SSSR count). The molecule has 1 aromatic rings. The third kappa shape index (κ3) is 4.39. The number of sulfonamides is 1. The smallest absolute Gasteiger partial charge is 0.317 e. The molecule has 3 N–H and O–H groups in total. The normalized spacial score (nSPS) is 20.3. The van der Waals surface area contributed by atoms with Crippen molar-refractivity contribution in [1.29, 1.82) is 0 Å². The molecule has 1 aromatic heterocycles. The summed E-state index contributed by atoms with van der Waals surface area (Å²) < 4.78 is 30.7. The monoisotopic (exact) mass is 373 g/mol. The Hall–Kier alpha value is -1.91. The van der Waals surface area contributed by atoms with E-state index in [1.54, 1.807) is 0 Å². The quantitative estimate of drug-likeness (QED) is 0.592. The van der Waals surface area contributed by atoms with E-state index in [0.29, 0.717) is 19.4 Å². The van der Waals surface area contributed by atoms with Gasteiger partial charge in [0.25, 0.3) is 15.9 Å². The third-order valence-electron chi connectivity index (χ3n) is 4.38. The number of hydrogen-bond donors (Lipinski definition) is 3. The van der Waals surface area contributed by atoms with E-state index >= 15 is 0 Å². The van der Waals surface area contributed by atoms with E-state index in [-0.39, 0.29) is 35.0 Å². The van der Waals surface area contributed by atoms with Gasteiger partial charge in [-0.15, -0.1) is 0 Å². The fourth-order valence-corrected chi connectivity index (χ4v) is 3.56. The van der Waals surface area contributed by atoms with E-state index in [1.165, 1.54) is 20.0 Å². The molecular formula is C15H23N3O6S. The molecule has 1 aliphatic rings. The standard InChI is InChI=1S/C15H23N3O6S/c1-4-18(8-13(19)20)11-5-10(6-11)17-15(21)12-7-14(24-9(12)2)25(22,23)16-3/h7,10-11,16H,4-6,8H2,1-3H3,(H,17,21)(H,19,20). The Labute approximate surface area is 146 Å². The summed E-state index contributed by atoms with van der Waals surface area (Å²) in [4.78, 5) is 25.0. The van der Waals surface area contributed by atoms with Crippen LogP contribution in [0.5, 0.6) is 0 Å². The Morgan fingerprint density at radius 2 is 2.04 bits per heavy atom. The summed E-state index contributed by atoms with van der Waals surface area (Å²) in [5.41, 5.74) is 0.176. The molecule has 25 heavy (non-hydrogen) atoms. The molecule has 0 bridgehead atoms. The van der Waals surface area contributed by atoms with Crippen molar-refractivity contribution in [2.75, 3.05) is 20.1 Å². The van der Waals surface area contributed by atoms with Gasteiger partial charge in [-0.05, 0) is 33.4 Å². The van der Waals surface area contributed by atoms with Gasteiger partial charge in [-0.3, -0.25) is 14.5 Å². The second kappa shape index (κ2) is 7.54. The summed E-state index contributed by atoms with van der Waals surface area (Å²) in [6.45, 7) is 4.03. The van der Waals surface area contributed by atoms with Crippen LogP contribution in [0.1, 0.15) is 35.9 Å². The molecule has 0 atom stereocenters. The van der Waals surface area contributed by atoms with Gasteiger partial charge in [0.2, 0.25) is 5.09 Å². The number of nitrogens with one attached hydrogen (secondary N) is 2. The van der Waals surface area contributed by atoms with Gasteiger partial charge in [0.1, 0.15) is 5.76 Å². The van der Waals surface area contributed by atoms with Gasteiger partial charge in [0.15, 0.2) is 0 Å². The zero-order valence-corrected chi connectivity index (χ0v) is 15.2. The Morgan fingerprint density at radius 3 is 2.56 bits per heavy atom. The van der Waals surface area contributed by atoms with Crippen LogP contribution in [0, 0.1) is 6.92 Å². The molecule has 0 unspecified atom stereocenters. The number of carbonyl (C=O) groups is 2. The molecule has 10 heteroatoms. The number of nitrogens with zero attached hydrogens (tertiary/aromatic N) is 1. The average molecular weight is 373 g/mol. The molecule has 1 fully saturated rings. The fourth-order valence-electron chi connectivity index (χ4n) is 2.85. The molecule has 1 saturated carbocycles. The topological polar surface area (TPSA) is 129 Å². The molecule has 1 heterocycles. The number of carboxylic acid groups (broad SMARTS) is 1. The first-order chi connectivity index (χ1) is 11.7. The molecule has 0 saturated heterocycles. The Kier molecular flexibility index (Phi) is 5.86. The predicted octanol–water partition coefficient (Wildman–Crippen LogP) is 0.163. The number of hydrogen-bond acceptors (Lipinski definition) is 6. The van der Waals surface area contributed by atoms with Crippen LogP contribution in [-0.4, -0.2) is 62.5 Å². The molecule has 0 aromatic carbocycles. The maximum atomic E-state index is 12.3. The molecule has 140 valence electrons. The van der Waals surface area contributed by atoms with E-state index < -0.39 is 21.9 Å². The van der Waals surface area contributed by atoms with Crippen molar-refractivity contribution in [2.24, 2.45) is 0 Å². The number of amides is 1. The minimum absolute atomic E-state index is 0.0199. The van der Waals surface area contributed by atoms with Crippen LogP contribution < -0.4 is 10.0 Å². The van der Waals surface area contributed by atoms with E-state index in [0.717, 1.165) is 0 Å². The van der Waals surface area contributed by atoms with Gasteiger partial charge < -0.3 is 14.8 Å². The largest absolute Gasteiger partial charge is 0.480 e. The number of carbonyl (C=O) groups excluding carboxylic acids is 1. The summed E-state index contributed by atoms with van der Waals surface area (Å²) in [5, 5.41) is 11.4. The number of carboxylic acids is 1. The first kappa shape index (κ1) is 19.4. The Morgan fingerprint density at radius 1 is 1.40 bits per heavy atom. The highest BCUT2D eigenvalue weighted by Gasteiger charge is 2.35. The minimum Gasteiger partial charge on any atom is -0.480 e. The average Bonchev–Trinajstić information content (AvgIpc) is 2.91. The molecular weight excluding hydrogens is 350 g/mol. The highest BCUT2D eigenvalue weighted by molar-refractivity contribution is 7.89. The van der Waals surface area contributed by atoms with Gasteiger partial charge in [0, 0.05) is 18.2 Å². The number of aryl methyl sites for hydroxylation is 1. The summed E-state index contributed by atoms with van der Waals surface area (Å²) in [6, 6.07) is 1.26. The van der Waals surface area contributed by atoms with Gasteiger partial charge in [-0.1, -0.05) is 6.92 Å². The van der Waals surface area contributed by atoms with Crippen molar-refractivity contribution in [3.05, 3.63) is 17.4 Å². The highest BCUT2D eigenvalue weighted by Crippen LogP contribution is 2.26. The maximum Gasteiger partial charge on any atom is 0.317 e. The molecule has 0 spiro atoms. The van der Waals surface area contributed by atoms with E-state index in [9.17, 15) is 18.0 Å². The lowest BCUT2D eigenvalue weighted by Gasteiger charge is -2.42. The molecule has 9 nitrogen and oxygen atoms in total. The van der Waals surface area contributed by atoms with Crippen LogP contribution in [0.15, 0.2) is 15.6 Å². The summed E-state index contributed by atoms with van der Waals surface area (Å²) in [5.74, 6) is -1.05. The number of rotatable bonds is 8. The second-order valence-corrected chi connectivity index (χ2v) is 7.81. The fraction of sp³-hybridized carbons (Fsp3) is 0.600. The summed E-state index contributed by atoms with van der Waals surface area (Å²) in [6.07, 6.45) is 1.32. The third-order valence-corrected chi connectivity index (χ3v) is 5.65. The minimum atomic E-state index is -3.75. The lowest BCUT2D eigenvalue weighted by Crippen LogP contribution is -2.54. The zero-order valence-electron chi connectivity index (χ0n) is 14.4. The van der Waals surface area contributed by atoms with Gasteiger partial charge in [-0.25, -0.2) is 13.1 Å². The lowest BCUT2D eigenvalue weighted by molar-refractivity contribution is -0.139. The van der Waals surface area contributed by atoms with E-state index in [4.69, 9.17) is 9.52 Å². The molecule has 0 radical (unpaired) electrons. The van der Waals surface area contributed by atoms with Crippen molar-refractivity contribution in [2.45, 2.75) is 43.9 Å². The van der Waals surface area contributed by atoms with Crippen LogP contribution in [0.25, 0.3) is 0 Å². The summed E-state index contributed by atoms with van der Waals surface area (Å²) in [7, 11) is -2.49. The van der Waals surface area contributed by atoms with Crippen LogP contribution >= 0.6 is 0 Å². The maximum absolute atomic E-state index is 12.3. The van der Waals surface area contributed by atoms with Gasteiger partial charge in [0.05, 0.1) is 12.1 Å². The number of furan rings is 1. The van der Waals surface area contributed by atoms with Crippen LogP contribution in [0.2, 0.25) is 0 Å². The van der Waals surface area contributed by atoms with Crippen molar-refractivity contribution in [3.8, 4) is 0 Å². The number of likely N-dealkylation sites (N-methyl/N-ethyl adjacent to an activating group) is 1. The second-order valence-electron chi connectivity index (χ2n) is 6.00. The van der Waals surface area contributed by atoms with Gasteiger partial charge >= 0.3 is 5.97 Å². The van der Waals surface area contributed by atoms with Crippen molar-refractivity contribution >= 4 is 21.9 Å². The molecule has 1 aliphatic carbocycles. The molecule has 1 amide bonds. The Bertz CT molecular complexity index is 751. The van der Waals surface area contributed by atoms with Gasteiger partial charge in [-0.2, -0.15) is 0 Å². The lowest BCUT2D eigenvalue weighted by atomic mass is 9.85. The van der Waals surface area contributed by atoms with E-state index in [1.807, 2.05) is 11.8 Å². The van der Waals surface area contributed by atoms with Crippen molar-refractivity contribution < 1.29 is 27.5 Å². The summed E-state index contributed by atoms with van der Waals surface area (Å²) >= 11 is 0. The SMILES string of the molecule is CCN(CC(=O)O)C1CC(NC(=O)c2cc(S(=O)(=O)NC)oc2C)C1. The van der Waals surface area contributed by atoms with E-state index in [2.05, 4.69) is 10.0 Å². The highest BCUT2D eigenvalue weighted by atomic mass is 32.2. The van der Waals surface area contributed by atoms with Crippen molar-refractivity contribution in [3.63, 3.8) is 0 Å². The van der Waals surface area contributed by atoms with Crippen LogP contribution in [-0.2, 0) is 14.8 Å². The van der Waals surface area contributed by atoms with Crippen molar-refractivity contribution in [1.82, 2.24) is 14.9 Å². The number of aliphatic carboxylic acids is 1. The predicted molar refractivity (Wildman–Crippen MR) is 88.8 cm³/mol.